The molecule has 2 heterocycles. The first-order chi connectivity index (χ1) is 11.7. The number of carbonyl (C=O) groups is 1. The number of urea groups is 1. The van der Waals surface area contributed by atoms with Gasteiger partial charge in [-0.05, 0) is 30.5 Å². The van der Waals surface area contributed by atoms with Crippen LogP contribution in [0.25, 0.3) is 0 Å². The van der Waals surface area contributed by atoms with Crippen LogP contribution >= 0.6 is 11.6 Å². The molecule has 2 aromatic rings. The van der Waals surface area contributed by atoms with Crippen molar-refractivity contribution >= 4 is 17.6 Å². The van der Waals surface area contributed by atoms with Crippen LogP contribution in [0.2, 0.25) is 5.02 Å². The average molecular weight is 347 g/mol. The minimum Gasteiger partial charge on any atom is -0.336 e. The molecule has 5 nitrogen and oxygen atoms in total. The monoisotopic (exact) mass is 346 g/mol. The molecule has 1 aliphatic heterocycles. The molecule has 1 saturated heterocycles. The Balaban J connectivity index is 1.68. The SMILES string of the molecule is O=C(NCC(c1ccc(Cl)cc1)n1ccnc1)N1CCCCCC1. The van der Waals surface area contributed by atoms with Crippen LogP contribution in [0.5, 0.6) is 0 Å². The summed E-state index contributed by atoms with van der Waals surface area (Å²) < 4.78 is 2.01. The number of carbonyl (C=O) groups excluding carboxylic acids is 1. The highest BCUT2D eigenvalue weighted by molar-refractivity contribution is 6.30. The van der Waals surface area contributed by atoms with E-state index in [2.05, 4.69) is 10.3 Å². The predicted molar refractivity (Wildman–Crippen MR) is 95.3 cm³/mol. The molecular formula is C18H23ClN4O. The molecule has 0 bridgehead atoms. The maximum Gasteiger partial charge on any atom is 0.317 e. The van der Waals surface area contributed by atoms with Gasteiger partial charge in [-0.1, -0.05) is 36.6 Å². The van der Waals surface area contributed by atoms with Gasteiger partial charge in [0.25, 0.3) is 0 Å². The highest BCUT2D eigenvalue weighted by atomic mass is 35.5. The van der Waals surface area contributed by atoms with Crippen LogP contribution in [-0.4, -0.2) is 40.1 Å². The molecule has 1 N–H and O–H groups in total. The molecule has 0 spiro atoms. The second-order valence-electron chi connectivity index (χ2n) is 6.16. The van der Waals surface area contributed by atoms with Gasteiger partial charge < -0.3 is 14.8 Å². The number of likely N-dealkylation sites (tertiary alicyclic amines) is 1. The van der Waals surface area contributed by atoms with E-state index < -0.39 is 0 Å². The van der Waals surface area contributed by atoms with Gasteiger partial charge in [0.05, 0.1) is 12.4 Å². The molecule has 1 aliphatic rings. The molecule has 1 fully saturated rings. The normalized spacial score (nSPS) is 16.5. The topological polar surface area (TPSA) is 50.2 Å². The molecule has 128 valence electrons. The number of hydrogen-bond acceptors (Lipinski definition) is 2. The maximum atomic E-state index is 12.5. The molecule has 2 amide bonds. The van der Waals surface area contributed by atoms with Crippen LogP contribution in [-0.2, 0) is 0 Å². The van der Waals surface area contributed by atoms with Gasteiger partial charge in [-0.15, -0.1) is 0 Å². The van der Waals surface area contributed by atoms with Crippen molar-refractivity contribution in [1.29, 1.82) is 0 Å². The van der Waals surface area contributed by atoms with Gasteiger partial charge in [0.1, 0.15) is 0 Å². The van der Waals surface area contributed by atoms with Gasteiger partial charge in [-0.2, -0.15) is 0 Å². The van der Waals surface area contributed by atoms with E-state index in [4.69, 9.17) is 11.6 Å². The zero-order valence-electron chi connectivity index (χ0n) is 13.7. The predicted octanol–water partition coefficient (Wildman–Crippen LogP) is 3.71. The van der Waals surface area contributed by atoms with E-state index in [9.17, 15) is 4.79 Å². The highest BCUT2D eigenvalue weighted by Crippen LogP contribution is 2.20. The van der Waals surface area contributed by atoms with Crippen molar-refractivity contribution in [3.8, 4) is 0 Å². The third-order valence-corrected chi connectivity index (χ3v) is 4.73. The zero-order chi connectivity index (χ0) is 16.8. The van der Waals surface area contributed by atoms with E-state index in [1.54, 1.807) is 12.5 Å². The Labute approximate surface area is 147 Å². The second kappa shape index (κ2) is 8.20. The quantitative estimate of drug-likeness (QED) is 0.917. The van der Waals surface area contributed by atoms with Crippen molar-refractivity contribution in [2.24, 2.45) is 0 Å². The minimum absolute atomic E-state index is 0.000643. The van der Waals surface area contributed by atoms with Gasteiger partial charge in [0.15, 0.2) is 0 Å². The van der Waals surface area contributed by atoms with E-state index >= 15 is 0 Å². The van der Waals surface area contributed by atoms with E-state index in [1.807, 2.05) is 39.9 Å². The Morgan fingerprint density at radius 2 is 1.88 bits per heavy atom. The number of nitrogens with one attached hydrogen (secondary N) is 1. The van der Waals surface area contributed by atoms with Crippen LogP contribution in [0, 0.1) is 0 Å². The molecule has 3 rings (SSSR count). The summed E-state index contributed by atoms with van der Waals surface area (Å²) in [5, 5.41) is 3.79. The van der Waals surface area contributed by atoms with Crippen molar-refractivity contribution in [1.82, 2.24) is 19.8 Å². The summed E-state index contributed by atoms with van der Waals surface area (Å²) in [5.41, 5.74) is 1.09. The lowest BCUT2D eigenvalue weighted by molar-refractivity contribution is 0.198. The third kappa shape index (κ3) is 4.29. The van der Waals surface area contributed by atoms with Gasteiger partial charge in [-0.3, -0.25) is 0 Å². The Morgan fingerprint density at radius 3 is 2.50 bits per heavy atom. The molecule has 1 aromatic carbocycles. The van der Waals surface area contributed by atoms with Crippen molar-refractivity contribution in [2.45, 2.75) is 31.7 Å². The zero-order valence-corrected chi connectivity index (χ0v) is 14.5. The first kappa shape index (κ1) is 16.8. The number of nitrogens with zero attached hydrogens (tertiary/aromatic N) is 3. The van der Waals surface area contributed by atoms with Crippen molar-refractivity contribution in [2.75, 3.05) is 19.6 Å². The van der Waals surface area contributed by atoms with Crippen molar-refractivity contribution in [3.05, 3.63) is 53.6 Å². The lowest BCUT2D eigenvalue weighted by atomic mass is 10.1. The van der Waals surface area contributed by atoms with E-state index in [1.165, 1.54) is 12.8 Å². The number of aromatic nitrogens is 2. The Kier molecular flexibility index (Phi) is 5.75. The Hall–Kier alpha value is -2.01. The van der Waals surface area contributed by atoms with Crippen LogP contribution in [0.1, 0.15) is 37.3 Å². The number of imidazole rings is 1. The first-order valence-corrected chi connectivity index (χ1v) is 8.87. The fourth-order valence-electron chi connectivity index (χ4n) is 3.10. The second-order valence-corrected chi connectivity index (χ2v) is 6.60. The third-order valence-electron chi connectivity index (χ3n) is 4.48. The summed E-state index contributed by atoms with van der Waals surface area (Å²) in [7, 11) is 0. The summed E-state index contributed by atoms with van der Waals surface area (Å²) in [4.78, 5) is 18.5. The summed E-state index contributed by atoms with van der Waals surface area (Å²) in [6, 6.07) is 7.75. The average Bonchev–Trinajstić information content (AvgIpc) is 2.98. The van der Waals surface area contributed by atoms with Crippen LogP contribution in [0.15, 0.2) is 43.0 Å². The van der Waals surface area contributed by atoms with Gasteiger partial charge in [0.2, 0.25) is 0 Å². The summed E-state index contributed by atoms with van der Waals surface area (Å²) >= 11 is 5.99. The molecule has 6 heteroatoms. The molecule has 24 heavy (non-hydrogen) atoms. The number of amides is 2. The number of hydrogen-bond donors (Lipinski definition) is 1. The van der Waals surface area contributed by atoms with Crippen LogP contribution in [0.3, 0.4) is 0 Å². The fourth-order valence-corrected chi connectivity index (χ4v) is 3.23. The van der Waals surface area contributed by atoms with Crippen molar-refractivity contribution < 1.29 is 4.79 Å². The number of halogens is 1. The van der Waals surface area contributed by atoms with Crippen LogP contribution < -0.4 is 5.32 Å². The minimum atomic E-state index is 0.000643. The smallest absolute Gasteiger partial charge is 0.317 e. The van der Waals surface area contributed by atoms with Gasteiger partial charge in [-0.25, -0.2) is 9.78 Å². The standard InChI is InChI=1S/C18H23ClN4O/c19-16-7-5-15(6-8-16)17(23-12-9-20-14-23)13-21-18(24)22-10-3-1-2-4-11-22/h5-9,12,14,17H,1-4,10-11,13H2,(H,21,24). The summed E-state index contributed by atoms with van der Waals surface area (Å²) in [5.74, 6) is 0. The van der Waals surface area contributed by atoms with E-state index in [0.717, 1.165) is 31.5 Å². The molecule has 0 saturated carbocycles. The van der Waals surface area contributed by atoms with Crippen LogP contribution in [0.4, 0.5) is 4.79 Å². The molecule has 0 radical (unpaired) electrons. The van der Waals surface area contributed by atoms with E-state index in [0.29, 0.717) is 11.6 Å². The molecule has 1 unspecified atom stereocenters. The largest absolute Gasteiger partial charge is 0.336 e. The molecule has 0 aliphatic carbocycles. The number of rotatable bonds is 4. The highest BCUT2D eigenvalue weighted by Gasteiger charge is 2.18. The molecular weight excluding hydrogens is 324 g/mol. The van der Waals surface area contributed by atoms with Gasteiger partial charge >= 0.3 is 6.03 Å². The fraction of sp³-hybridized carbons (Fsp3) is 0.444. The van der Waals surface area contributed by atoms with E-state index in [-0.39, 0.29) is 12.1 Å². The van der Waals surface area contributed by atoms with Crippen molar-refractivity contribution in [3.63, 3.8) is 0 Å². The lowest BCUT2D eigenvalue weighted by Gasteiger charge is -2.24. The first-order valence-electron chi connectivity index (χ1n) is 8.50. The molecule has 1 aromatic heterocycles. The lowest BCUT2D eigenvalue weighted by Crippen LogP contribution is -2.42. The maximum absolute atomic E-state index is 12.5. The Morgan fingerprint density at radius 1 is 1.17 bits per heavy atom. The summed E-state index contributed by atoms with van der Waals surface area (Å²) in [6.07, 6.45) is 10.1. The molecule has 1 atom stereocenters. The Bertz CT molecular complexity index is 634. The van der Waals surface area contributed by atoms with Gasteiger partial charge in [0, 0.05) is 37.1 Å². The number of benzene rings is 1. The summed E-state index contributed by atoms with van der Waals surface area (Å²) in [6.45, 7) is 2.22.